The third-order valence-electron chi connectivity index (χ3n) is 2.53. The molecule has 108 valence electrons. The summed E-state index contributed by atoms with van der Waals surface area (Å²) in [5, 5.41) is 11.9. The maximum Gasteiger partial charge on any atom is 0.257 e. The number of ether oxygens (including phenoxy) is 1. The number of aromatic nitrogens is 1. The fourth-order valence-corrected chi connectivity index (χ4v) is 2.19. The summed E-state index contributed by atoms with van der Waals surface area (Å²) >= 11 is 1.29. The lowest BCUT2D eigenvalue weighted by Crippen LogP contribution is -2.11. The molecule has 2 aromatic rings. The summed E-state index contributed by atoms with van der Waals surface area (Å²) in [6.45, 7) is 0.0346. The number of benzene rings is 1. The highest BCUT2D eigenvalue weighted by Crippen LogP contribution is 2.18. The highest BCUT2D eigenvalue weighted by atomic mass is 32.1. The predicted molar refractivity (Wildman–Crippen MR) is 81.6 cm³/mol. The molecule has 1 heterocycles. The van der Waals surface area contributed by atoms with E-state index in [1.165, 1.54) is 11.3 Å². The van der Waals surface area contributed by atoms with E-state index in [1.807, 2.05) is 0 Å². The fourth-order valence-electron chi connectivity index (χ4n) is 1.51. The molecule has 6 heteroatoms. The van der Waals surface area contributed by atoms with Crippen LogP contribution in [-0.2, 0) is 0 Å². The van der Waals surface area contributed by atoms with Gasteiger partial charge >= 0.3 is 0 Å². The number of thiazole rings is 1. The number of nitrogens with one attached hydrogen (secondary N) is 1. The molecule has 21 heavy (non-hydrogen) atoms. The Morgan fingerprint density at radius 1 is 1.43 bits per heavy atom. The third kappa shape index (κ3) is 4.31. The number of methoxy groups -OCH3 is 1. The fraction of sp³-hybridized carbons (Fsp3) is 0.200. The molecular weight excluding hydrogens is 288 g/mol. The second-order valence-corrected chi connectivity index (χ2v) is 5.02. The molecule has 0 aliphatic rings. The van der Waals surface area contributed by atoms with Gasteiger partial charge in [-0.2, -0.15) is 0 Å². The number of rotatable bonds is 4. The van der Waals surface area contributed by atoms with Crippen molar-refractivity contribution in [3.63, 3.8) is 0 Å². The van der Waals surface area contributed by atoms with E-state index in [2.05, 4.69) is 22.1 Å². The third-order valence-corrected chi connectivity index (χ3v) is 3.35. The van der Waals surface area contributed by atoms with E-state index in [9.17, 15) is 4.79 Å². The molecule has 2 N–H and O–H groups in total. The van der Waals surface area contributed by atoms with Crippen molar-refractivity contribution < 1.29 is 14.6 Å². The van der Waals surface area contributed by atoms with Crippen LogP contribution >= 0.6 is 11.3 Å². The first-order valence-electron chi connectivity index (χ1n) is 6.24. The summed E-state index contributed by atoms with van der Waals surface area (Å²) in [5.74, 6) is 6.14. The van der Waals surface area contributed by atoms with Crippen LogP contribution in [0.5, 0.6) is 5.75 Å². The summed E-state index contributed by atoms with van der Waals surface area (Å²) < 4.78 is 5.04. The van der Waals surface area contributed by atoms with Crippen LogP contribution in [-0.4, -0.2) is 29.7 Å². The van der Waals surface area contributed by atoms with E-state index in [-0.39, 0.29) is 12.5 Å². The first-order chi connectivity index (χ1) is 10.2. The monoisotopic (exact) mass is 302 g/mol. The Labute approximate surface area is 126 Å². The molecule has 0 atom stereocenters. The van der Waals surface area contributed by atoms with Gasteiger partial charge in [-0.15, -0.1) is 0 Å². The van der Waals surface area contributed by atoms with Gasteiger partial charge in [0.1, 0.15) is 5.75 Å². The topological polar surface area (TPSA) is 71.5 Å². The molecule has 0 aliphatic carbocycles. The predicted octanol–water partition coefficient (Wildman–Crippen LogP) is 2.14. The normalized spacial score (nSPS) is 9.62. The van der Waals surface area contributed by atoms with Crippen molar-refractivity contribution in [1.29, 1.82) is 0 Å². The first-order valence-corrected chi connectivity index (χ1v) is 7.05. The van der Waals surface area contributed by atoms with Gasteiger partial charge in [-0.05, 0) is 24.3 Å². The molecule has 0 saturated heterocycles. The lowest BCUT2D eigenvalue weighted by atomic mass is 10.2. The Hall–Kier alpha value is -2.36. The Kier molecular flexibility index (Phi) is 5.32. The number of carbonyl (C=O) groups is 1. The lowest BCUT2D eigenvalue weighted by Gasteiger charge is -2.03. The summed E-state index contributed by atoms with van der Waals surface area (Å²) in [6, 6.07) is 6.82. The zero-order chi connectivity index (χ0) is 15.1. The van der Waals surface area contributed by atoms with Crippen LogP contribution in [0.25, 0.3) is 0 Å². The minimum Gasteiger partial charge on any atom is -0.497 e. The van der Waals surface area contributed by atoms with Crippen LogP contribution in [0.2, 0.25) is 0 Å². The highest BCUT2D eigenvalue weighted by Gasteiger charge is 2.08. The van der Waals surface area contributed by atoms with Gasteiger partial charge in [0.05, 0.1) is 24.8 Å². The maximum atomic E-state index is 12.0. The van der Waals surface area contributed by atoms with Crippen molar-refractivity contribution in [2.24, 2.45) is 0 Å². The molecule has 0 radical (unpaired) electrons. The lowest BCUT2D eigenvalue weighted by molar-refractivity contribution is 0.102. The highest BCUT2D eigenvalue weighted by molar-refractivity contribution is 7.16. The minimum atomic E-state index is -0.234. The van der Waals surface area contributed by atoms with Crippen LogP contribution in [0, 0.1) is 11.8 Å². The van der Waals surface area contributed by atoms with E-state index >= 15 is 0 Å². The van der Waals surface area contributed by atoms with Gasteiger partial charge in [0.15, 0.2) is 5.13 Å². The number of hydrogen-bond donors (Lipinski definition) is 2. The van der Waals surface area contributed by atoms with Crippen molar-refractivity contribution in [2.75, 3.05) is 19.0 Å². The van der Waals surface area contributed by atoms with Gasteiger partial charge in [0, 0.05) is 12.0 Å². The van der Waals surface area contributed by atoms with Gasteiger partial charge in [-0.25, -0.2) is 4.98 Å². The molecule has 5 nitrogen and oxygen atoms in total. The first kappa shape index (κ1) is 15.0. The minimum absolute atomic E-state index is 0.0346. The Morgan fingerprint density at radius 3 is 2.86 bits per heavy atom. The number of hydrogen-bond acceptors (Lipinski definition) is 5. The van der Waals surface area contributed by atoms with E-state index < -0.39 is 0 Å². The molecule has 0 unspecified atom stereocenters. The zero-order valence-corrected chi connectivity index (χ0v) is 12.2. The Balaban J connectivity index is 2.01. The van der Waals surface area contributed by atoms with Crippen LogP contribution in [0.15, 0.2) is 30.5 Å². The number of aliphatic hydroxyl groups excluding tert-OH is 1. The smallest absolute Gasteiger partial charge is 0.257 e. The average Bonchev–Trinajstić information content (AvgIpc) is 2.95. The molecular formula is C15H14N2O3S. The summed E-state index contributed by atoms with van der Waals surface area (Å²) in [4.78, 5) is 16.9. The molecule has 0 fully saturated rings. The molecule has 0 aliphatic heterocycles. The van der Waals surface area contributed by atoms with E-state index in [0.29, 0.717) is 22.9 Å². The standard InChI is InChI=1S/C15H14N2O3S/c1-20-12-7-5-11(6-8-12)14(19)17-15-16-10-13(21-15)4-2-3-9-18/h5-8,10,18H,3,9H2,1H3,(H,16,17,19). The van der Waals surface area contributed by atoms with Gasteiger partial charge in [0.25, 0.3) is 5.91 Å². The summed E-state index contributed by atoms with van der Waals surface area (Å²) in [5.41, 5.74) is 0.527. The Bertz CT molecular complexity index is 668. The van der Waals surface area contributed by atoms with Gasteiger partial charge in [0.2, 0.25) is 0 Å². The molecule has 0 spiro atoms. The van der Waals surface area contributed by atoms with Crippen LogP contribution in [0.3, 0.4) is 0 Å². The maximum absolute atomic E-state index is 12.0. The van der Waals surface area contributed by atoms with Gasteiger partial charge in [-0.1, -0.05) is 23.2 Å². The molecule has 1 amide bonds. The largest absolute Gasteiger partial charge is 0.497 e. The summed E-state index contributed by atoms with van der Waals surface area (Å²) in [7, 11) is 1.57. The van der Waals surface area contributed by atoms with Crippen molar-refractivity contribution in [1.82, 2.24) is 4.98 Å². The molecule has 1 aromatic carbocycles. The van der Waals surface area contributed by atoms with Crippen molar-refractivity contribution >= 4 is 22.4 Å². The van der Waals surface area contributed by atoms with E-state index in [0.717, 1.165) is 4.88 Å². The molecule has 0 bridgehead atoms. The molecule has 2 rings (SSSR count). The van der Waals surface area contributed by atoms with E-state index in [1.54, 1.807) is 37.6 Å². The average molecular weight is 302 g/mol. The van der Waals surface area contributed by atoms with Crippen molar-refractivity contribution in [3.05, 3.63) is 40.9 Å². The molecule has 0 saturated carbocycles. The van der Waals surface area contributed by atoms with Gasteiger partial charge < -0.3 is 9.84 Å². The SMILES string of the molecule is COc1ccc(C(=O)Nc2ncc(C#CCCO)s2)cc1. The number of aliphatic hydroxyl groups is 1. The van der Waals surface area contributed by atoms with Crippen LogP contribution in [0.1, 0.15) is 21.7 Å². The van der Waals surface area contributed by atoms with Gasteiger partial charge in [-0.3, -0.25) is 10.1 Å². The van der Waals surface area contributed by atoms with Crippen LogP contribution < -0.4 is 10.1 Å². The van der Waals surface area contributed by atoms with Crippen molar-refractivity contribution in [3.8, 4) is 17.6 Å². The molecule has 1 aromatic heterocycles. The Morgan fingerprint density at radius 2 is 2.19 bits per heavy atom. The number of nitrogens with zero attached hydrogens (tertiary/aromatic N) is 1. The second-order valence-electron chi connectivity index (χ2n) is 3.99. The zero-order valence-electron chi connectivity index (χ0n) is 11.4. The van der Waals surface area contributed by atoms with E-state index in [4.69, 9.17) is 9.84 Å². The second kappa shape index (κ2) is 7.43. The summed E-state index contributed by atoms with van der Waals surface area (Å²) in [6.07, 6.45) is 2.02. The number of amides is 1. The van der Waals surface area contributed by atoms with Crippen LogP contribution in [0.4, 0.5) is 5.13 Å². The number of anilines is 1. The quantitative estimate of drug-likeness (QED) is 0.849. The van der Waals surface area contributed by atoms with Crippen molar-refractivity contribution in [2.45, 2.75) is 6.42 Å². The number of carbonyl (C=O) groups excluding carboxylic acids is 1.